The summed E-state index contributed by atoms with van der Waals surface area (Å²) in [4.78, 5) is 26.2. The van der Waals surface area contributed by atoms with Crippen molar-refractivity contribution in [2.24, 2.45) is 0 Å². The van der Waals surface area contributed by atoms with Gasteiger partial charge in [-0.15, -0.1) is 0 Å². The van der Waals surface area contributed by atoms with Gasteiger partial charge in [0.1, 0.15) is 18.1 Å². The monoisotopic (exact) mass is 459 g/mol. The van der Waals surface area contributed by atoms with Gasteiger partial charge in [-0.05, 0) is 48.6 Å². The van der Waals surface area contributed by atoms with Gasteiger partial charge in [-0.1, -0.05) is 35.3 Å². The van der Waals surface area contributed by atoms with E-state index in [9.17, 15) is 9.59 Å². The maximum absolute atomic E-state index is 12.5. The number of ether oxygens (including phenoxy) is 3. The number of hydrogen-bond acceptors (Lipinski definition) is 6. The molecule has 0 bridgehead atoms. The van der Waals surface area contributed by atoms with Gasteiger partial charge in [0.05, 0.1) is 19.8 Å². The van der Waals surface area contributed by atoms with E-state index >= 15 is 0 Å². The number of esters is 2. The molecule has 6 nitrogen and oxygen atoms in total. The van der Waals surface area contributed by atoms with Gasteiger partial charge in [-0.2, -0.15) is 0 Å². The number of allylic oxidation sites excluding steroid dienone is 2. The van der Waals surface area contributed by atoms with Crippen LogP contribution in [0.25, 0.3) is 0 Å². The molecule has 31 heavy (non-hydrogen) atoms. The Morgan fingerprint density at radius 1 is 0.935 bits per heavy atom. The van der Waals surface area contributed by atoms with Crippen LogP contribution in [0.2, 0.25) is 10.0 Å². The van der Waals surface area contributed by atoms with E-state index in [-0.39, 0.29) is 17.9 Å². The molecule has 0 aromatic heterocycles. The topological polar surface area (TPSA) is 65.1 Å². The second kappa shape index (κ2) is 10.2. The Morgan fingerprint density at radius 3 is 2.29 bits per heavy atom. The molecule has 0 N–H and O–H groups in total. The van der Waals surface area contributed by atoms with Crippen molar-refractivity contribution in [3.05, 3.63) is 93.8 Å². The second-order valence-electron chi connectivity index (χ2n) is 6.33. The fourth-order valence-corrected chi connectivity index (χ4v) is 3.33. The number of benzene rings is 2. The van der Waals surface area contributed by atoms with Crippen molar-refractivity contribution >= 4 is 40.8 Å². The highest BCUT2D eigenvalue weighted by Gasteiger charge is 2.27. The van der Waals surface area contributed by atoms with Crippen molar-refractivity contribution in [3.8, 4) is 5.75 Å². The lowest BCUT2D eigenvalue weighted by Gasteiger charge is -2.23. The van der Waals surface area contributed by atoms with Gasteiger partial charge >= 0.3 is 11.9 Å². The quantitative estimate of drug-likeness (QED) is 0.562. The summed E-state index contributed by atoms with van der Waals surface area (Å²) in [6.07, 6.45) is 6.50. The first-order chi connectivity index (χ1) is 14.9. The fraction of sp³-hybridized carbons (Fsp3) is 0.130. The van der Waals surface area contributed by atoms with Crippen LogP contribution in [0, 0.1) is 0 Å². The summed E-state index contributed by atoms with van der Waals surface area (Å²) in [5.41, 5.74) is 1.55. The van der Waals surface area contributed by atoms with Crippen molar-refractivity contribution in [1.82, 2.24) is 0 Å². The van der Waals surface area contributed by atoms with Crippen LogP contribution < -0.4 is 9.64 Å². The van der Waals surface area contributed by atoms with Crippen LogP contribution >= 0.6 is 23.2 Å². The summed E-state index contributed by atoms with van der Waals surface area (Å²) in [6.45, 7) is 0.267. The Hall–Kier alpha value is -3.22. The van der Waals surface area contributed by atoms with Crippen molar-refractivity contribution in [2.45, 2.75) is 6.61 Å². The van der Waals surface area contributed by atoms with Crippen LogP contribution in [-0.2, 0) is 25.7 Å². The number of rotatable bonds is 6. The maximum Gasteiger partial charge on any atom is 0.355 e. The molecule has 0 saturated heterocycles. The summed E-state index contributed by atoms with van der Waals surface area (Å²) in [5, 5.41) is 1.08. The largest absolute Gasteiger partial charge is 0.489 e. The lowest BCUT2D eigenvalue weighted by Crippen LogP contribution is -2.26. The third kappa shape index (κ3) is 5.29. The molecule has 0 unspecified atom stereocenters. The van der Waals surface area contributed by atoms with Crippen LogP contribution in [-0.4, -0.2) is 26.2 Å². The molecule has 0 spiro atoms. The molecular formula is C23H19Cl2NO5. The van der Waals surface area contributed by atoms with E-state index in [1.54, 1.807) is 65.7 Å². The Labute approximate surface area is 189 Å². The number of methoxy groups -OCH3 is 2. The van der Waals surface area contributed by atoms with Crippen molar-refractivity contribution in [1.29, 1.82) is 0 Å². The molecule has 8 heteroatoms. The molecule has 0 amide bonds. The highest BCUT2D eigenvalue weighted by molar-refractivity contribution is 6.35. The summed E-state index contributed by atoms with van der Waals surface area (Å²) in [6, 6.07) is 12.2. The molecule has 0 aliphatic carbocycles. The molecule has 3 rings (SSSR count). The first kappa shape index (κ1) is 22.5. The van der Waals surface area contributed by atoms with Gasteiger partial charge in [0.25, 0.3) is 0 Å². The molecule has 0 saturated carbocycles. The van der Waals surface area contributed by atoms with Gasteiger partial charge < -0.3 is 19.1 Å². The van der Waals surface area contributed by atoms with E-state index < -0.39 is 11.9 Å². The first-order valence-corrected chi connectivity index (χ1v) is 9.92. The van der Waals surface area contributed by atoms with Crippen LogP contribution in [0.1, 0.15) is 5.56 Å². The van der Waals surface area contributed by atoms with Gasteiger partial charge in [0.2, 0.25) is 0 Å². The molecule has 0 atom stereocenters. The highest BCUT2D eigenvalue weighted by atomic mass is 35.5. The number of nitrogens with zero attached hydrogens (tertiary/aromatic N) is 1. The molecule has 1 aliphatic heterocycles. The van der Waals surface area contributed by atoms with Crippen molar-refractivity contribution in [3.63, 3.8) is 0 Å². The van der Waals surface area contributed by atoms with Crippen LogP contribution in [0.3, 0.4) is 0 Å². The van der Waals surface area contributed by atoms with Gasteiger partial charge in [0, 0.05) is 27.5 Å². The Balaban J connectivity index is 1.85. The van der Waals surface area contributed by atoms with Crippen molar-refractivity contribution in [2.75, 3.05) is 19.1 Å². The zero-order valence-electron chi connectivity index (χ0n) is 16.8. The van der Waals surface area contributed by atoms with E-state index in [0.717, 1.165) is 5.56 Å². The summed E-state index contributed by atoms with van der Waals surface area (Å²) >= 11 is 12.1. The Morgan fingerprint density at radius 2 is 1.65 bits per heavy atom. The minimum absolute atomic E-state index is 0.0426. The maximum atomic E-state index is 12.5. The lowest BCUT2D eigenvalue weighted by atomic mass is 10.1. The van der Waals surface area contributed by atoms with Gasteiger partial charge in [-0.3, -0.25) is 0 Å². The minimum atomic E-state index is -0.672. The van der Waals surface area contributed by atoms with E-state index in [0.29, 0.717) is 21.5 Å². The number of carbonyl (C=O) groups excluding carboxylic acids is 2. The lowest BCUT2D eigenvalue weighted by molar-refractivity contribution is -0.139. The average Bonchev–Trinajstić information content (AvgIpc) is 3.01. The minimum Gasteiger partial charge on any atom is -0.489 e. The SMILES string of the molecule is COC(=O)C1=C(C(=O)OC)N(c2ccc(OCc3ccc(Cl)cc3Cl)cc2)C=CC=C1. The molecule has 1 aliphatic rings. The smallest absolute Gasteiger partial charge is 0.355 e. The first-order valence-electron chi connectivity index (χ1n) is 9.16. The zero-order valence-corrected chi connectivity index (χ0v) is 18.3. The van der Waals surface area contributed by atoms with Gasteiger partial charge in [-0.25, -0.2) is 9.59 Å². The molecule has 0 fully saturated rings. The van der Waals surface area contributed by atoms with E-state index in [4.69, 9.17) is 37.4 Å². The Kier molecular flexibility index (Phi) is 7.39. The number of carbonyl (C=O) groups is 2. The Bertz CT molecular complexity index is 1070. The highest BCUT2D eigenvalue weighted by Crippen LogP contribution is 2.29. The predicted octanol–water partition coefficient (Wildman–Crippen LogP) is 5.06. The third-order valence-electron chi connectivity index (χ3n) is 4.41. The molecular weight excluding hydrogens is 441 g/mol. The second-order valence-corrected chi connectivity index (χ2v) is 7.18. The molecule has 160 valence electrons. The fourth-order valence-electron chi connectivity index (χ4n) is 2.87. The predicted molar refractivity (Wildman–Crippen MR) is 119 cm³/mol. The van der Waals surface area contributed by atoms with Crippen molar-refractivity contribution < 1.29 is 23.8 Å². The molecule has 1 heterocycles. The van der Waals surface area contributed by atoms with Gasteiger partial charge in [0.15, 0.2) is 0 Å². The average molecular weight is 460 g/mol. The van der Waals surface area contributed by atoms with Crippen LogP contribution in [0.15, 0.2) is 78.2 Å². The molecule has 2 aromatic rings. The molecule has 2 aromatic carbocycles. The zero-order chi connectivity index (χ0) is 22.4. The number of hydrogen-bond donors (Lipinski definition) is 0. The van der Waals surface area contributed by atoms with E-state index in [1.165, 1.54) is 20.3 Å². The van der Waals surface area contributed by atoms with E-state index in [2.05, 4.69) is 0 Å². The van der Waals surface area contributed by atoms with Crippen LogP contribution in [0.4, 0.5) is 5.69 Å². The summed E-state index contributed by atoms with van der Waals surface area (Å²) in [5.74, 6) is -0.720. The standard InChI is InChI=1S/C23H19Cl2NO5/c1-29-22(27)19-5-3-4-12-26(21(19)23(28)30-2)17-8-10-18(11-9-17)31-14-15-6-7-16(24)13-20(15)25/h3-13H,14H2,1-2H3. The summed E-state index contributed by atoms with van der Waals surface area (Å²) in [7, 11) is 2.50. The third-order valence-corrected chi connectivity index (χ3v) is 5.00. The normalized spacial score (nSPS) is 13.1. The van der Waals surface area contributed by atoms with E-state index in [1.807, 2.05) is 0 Å². The van der Waals surface area contributed by atoms with Crippen LogP contribution in [0.5, 0.6) is 5.75 Å². The molecule has 0 radical (unpaired) electrons. The number of halogens is 2. The number of anilines is 1. The summed E-state index contributed by atoms with van der Waals surface area (Å²) < 4.78 is 15.5.